The van der Waals surface area contributed by atoms with Gasteiger partial charge in [-0.15, -0.1) is 0 Å². The van der Waals surface area contributed by atoms with Gasteiger partial charge in [-0.05, 0) is 37.6 Å². The zero-order valence-corrected chi connectivity index (χ0v) is 12.7. The number of nitrogens with one attached hydrogen (secondary N) is 2. The number of hydrogen-bond donors (Lipinski definition) is 2. The molecule has 5 heteroatoms. The van der Waals surface area contributed by atoms with Crippen LogP contribution < -0.4 is 15.6 Å². The van der Waals surface area contributed by atoms with Crippen LogP contribution in [0.5, 0.6) is 0 Å². The average molecular weight is 285 g/mol. The molecule has 5 nitrogen and oxygen atoms in total. The number of benzene rings is 1. The van der Waals surface area contributed by atoms with E-state index in [-0.39, 0.29) is 11.0 Å². The van der Waals surface area contributed by atoms with Gasteiger partial charge in [0.2, 0.25) is 0 Å². The van der Waals surface area contributed by atoms with Gasteiger partial charge in [-0.2, -0.15) is 0 Å². The molecule has 0 aliphatic carbocycles. The molecule has 0 radical (unpaired) electrons. The number of aromatic nitrogens is 1. The van der Waals surface area contributed by atoms with Gasteiger partial charge in [-0.3, -0.25) is 9.59 Å². The second kappa shape index (κ2) is 5.83. The largest absolute Gasteiger partial charge is 0.378 e. The molecule has 2 rings (SSSR count). The number of aryl methyl sites for hydroxylation is 2. The molecule has 0 aliphatic rings. The summed E-state index contributed by atoms with van der Waals surface area (Å²) >= 11 is 0. The Labute approximate surface area is 123 Å². The zero-order valence-electron chi connectivity index (χ0n) is 12.7. The van der Waals surface area contributed by atoms with Gasteiger partial charge < -0.3 is 15.2 Å². The zero-order chi connectivity index (χ0) is 15.6. The van der Waals surface area contributed by atoms with Crippen molar-refractivity contribution in [3.05, 3.63) is 57.5 Å². The van der Waals surface area contributed by atoms with E-state index in [1.165, 1.54) is 12.3 Å². The van der Waals surface area contributed by atoms with Crippen LogP contribution in [-0.4, -0.2) is 25.0 Å². The first-order chi connectivity index (χ1) is 9.88. The quantitative estimate of drug-likeness (QED) is 0.909. The van der Waals surface area contributed by atoms with E-state index in [9.17, 15) is 9.59 Å². The van der Waals surface area contributed by atoms with E-state index in [4.69, 9.17) is 0 Å². The lowest BCUT2D eigenvalue weighted by Gasteiger charge is -2.15. The van der Waals surface area contributed by atoms with Crippen molar-refractivity contribution in [2.75, 3.05) is 24.3 Å². The Morgan fingerprint density at radius 2 is 1.90 bits per heavy atom. The molecule has 0 saturated carbocycles. The van der Waals surface area contributed by atoms with Crippen molar-refractivity contribution >= 4 is 17.3 Å². The first-order valence-electron chi connectivity index (χ1n) is 6.67. The molecule has 110 valence electrons. The van der Waals surface area contributed by atoms with Gasteiger partial charge >= 0.3 is 0 Å². The topological polar surface area (TPSA) is 65.2 Å². The number of rotatable bonds is 3. The summed E-state index contributed by atoms with van der Waals surface area (Å²) in [5, 5.41) is 2.78. The molecule has 0 saturated heterocycles. The third-order valence-corrected chi connectivity index (χ3v) is 3.28. The van der Waals surface area contributed by atoms with Crippen LogP contribution in [0, 0.1) is 13.8 Å². The highest BCUT2D eigenvalue weighted by Gasteiger charge is 2.12. The number of carbonyl (C=O) groups excluding carboxylic acids is 1. The molecule has 0 fully saturated rings. The van der Waals surface area contributed by atoms with Crippen molar-refractivity contribution in [3.8, 4) is 0 Å². The van der Waals surface area contributed by atoms with Gasteiger partial charge in [-0.25, -0.2) is 0 Å². The van der Waals surface area contributed by atoms with Gasteiger partial charge in [-0.1, -0.05) is 0 Å². The van der Waals surface area contributed by atoms with E-state index in [2.05, 4.69) is 10.3 Å². The Morgan fingerprint density at radius 3 is 2.48 bits per heavy atom. The van der Waals surface area contributed by atoms with Crippen LogP contribution in [-0.2, 0) is 0 Å². The number of aromatic amines is 1. The summed E-state index contributed by atoms with van der Waals surface area (Å²) in [4.78, 5) is 28.9. The highest BCUT2D eigenvalue weighted by Crippen LogP contribution is 2.21. The van der Waals surface area contributed by atoms with Crippen molar-refractivity contribution in [3.63, 3.8) is 0 Å². The fourth-order valence-corrected chi connectivity index (χ4v) is 2.01. The minimum absolute atomic E-state index is 0.108. The third-order valence-electron chi connectivity index (χ3n) is 3.28. The number of nitrogens with zero attached hydrogens (tertiary/aromatic N) is 1. The minimum Gasteiger partial charge on any atom is -0.378 e. The van der Waals surface area contributed by atoms with Crippen LogP contribution in [0.1, 0.15) is 21.6 Å². The van der Waals surface area contributed by atoms with Gasteiger partial charge in [0.1, 0.15) is 5.56 Å². The second-order valence-electron chi connectivity index (χ2n) is 5.24. The molecule has 21 heavy (non-hydrogen) atoms. The van der Waals surface area contributed by atoms with Crippen molar-refractivity contribution in [1.82, 2.24) is 4.98 Å². The molecule has 1 amide bonds. The third kappa shape index (κ3) is 3.31. The first kappa shape index (κ1) is 14.8. The summed E-state index contributed by atoms with van der Waals surface area (Å²) in [5.74, 6) is -0.406. The molecule has 0 aliphatic heterocycles. The van der Waals surface area contributed by atoms with Crippen LogP contribution >= 0.6 is 0 Å². The minimum atomic E-state index is -0.406. The molecule has 2 N–H and O–H groups in total. The average Bonchev–Trinajstić information content (AvgIpc) is 2.40. The van der Waals surface area contributed by atoms with E-state index < -0.39 is 5.91 Å². The van der Waals surface area contributed by atoms with Crippen molar-refractivity contribution in [2.45, 2.75) is 13.8 Å². The van der Waals surface area contributed by atoms with Gasteiger partial charge in [0, 0.05) is 43.4 Å². The second-order valence-corrected chi connectivity index (χ2v) is 5.24. The molecule has 1 aromatic carbocycles. The van der Waals surface area contributed by atoms with Crippen LogP contribution in [0.15, 0.2) is 35.3 Å². The normalized spacial score (nSPS) is 10.3. The lowest BCUT2D eigenvalue weighted by Crippen LogP contribution is -2.22. The van der Waals surface area contributed by atoms with Gasteiger partial charge in [0.15, 0.2) is 5.43 Å². The molecule has 0 unspecified atom stereocenters. The Hall–Kier alpha value is -2.56. The maximum Gasteiger partial charge on any atom is 0.261 e. The summed E-state index contributed by atoms with van der Waals surface area (Å²) in [6.45, 7) is 3.69. The SMILES string of the molecule is Cc1cc(=O)c(C(=O)Nc2ccc(N(C)C)cc2C)c[nH]1. The fraction of sp³-hybridized carbons (Fsp3) is 0.250. The number of anilines is 2. The maximum atomic E-state index is 12.2. The van der Waals surface area contributed by atoms with Crippen LogP contribution in [0.2, 0.25) is 0 Å². The number of H-pyrrole nitrogens is 1. The summed E-state index contributed by atoms with van der Waals surface area (Å²) in [6.07, 6.45) is 1.44. The summed E-state index contributed by atoms with van der Waals surface area (Å²) in [7, 11) is 3.91. The lowest BCUT2D eigenvalue weighted by atomic mass is 10.1. The monoisotopic (exact) mass is 285 g/mol. The Kier molecular flexibility index (Phi) is 4.12. The molecular formula is C16H19N3O2. The summed E-state index contributed by atoms with van der Waals surface area (Å²) < 4.78 is 0. The van der Waals surface area contributed by atoms with E-state index in [1.54, 1.807) is 6.92 Å². The highest BCUT2D eigenvalue weighted by atomic mass is 16.2. The van der Waals surface area contributed by atoms with Crippen LogP contribution in [0.25, 0.3) is 0 Å². The standard InChI is InChI=1S/C16H19N3O2/c1-10-7-12(19(3)4)5-6-14(10)18-16(21)13-9-17-11(2)8-15(13)20/h5-9H,1-4H3,(H,17,20)(H,18,21). The number of amides is 1. The summed E-state index contributed by atoms with van der Waals surface area (Å²) in [5.41, 5.74) is 3.24. The number of pyridine rings is 1. The van der Waals surface area contributed by atoms with Crippen LogP contribution in [0.3, 0.4) is 0 Å². The molecule has 1 heterocycles. The van der Waals surface area contributed by atoms with Crippen molar-refractivity contribution in [1.29, 1.82) is 0 Å². The Morgan fingerprint density at radius 1 is 1.19 bits per heavy atom. The fourth-order valence-electron chi connectivity index (χ4n) is 2.01. The number of hydrogen-bond acceptors (Lipinski definition) is 3. The lowest BCUT2D eigenvalue weighted by molar-refractivity contribution is 0.102. The highest BCUT2D eigenvalue weighted by molar-refractivity contribution is 6.04. The predicted octanol–water partition coefficient (Wildman–Crippen LogP) is 2.31. The molecular weight excluding hydrogens is 266 g/mol. The van der Waals surface area contributed by atoms with E-state index in [0.717, 1.165) is 16.9 Å². The van der Waals surface area contributed by atoms with E-state index in [0.29, 0.717) is 5.69 Å². The predicted molar refractivity (Wildman–Crippen MR) is 85.3 cm³/mol. The molecule has 2 aromatic rings. The van der Waals surface area contributed by atoms with Gasteiger partial charge in [0.25, 0.3) is 5.91 Å². The van der Waals surface area contributed by atoms with Crippen LogP contribution in [0.4, 0.5) is 11.4 Å². The molecule has 0 bridgehead atoms. The molecule has 1 aromatic heterocycles. The smallest absolute Gasteiger partial charge is 0.261 e. The van der Waals surface area contributed by atoms with Crippen molar-refractivity contribution in [2.24, 2.45) is 0 Å². The summed E-state index contributed by atoms with van der Waals surface area (Å²) in [6, 6.07) is 7.15. The maximum absolute atomic E-state index is 12.2. The first-order valence-corrected chi connectivity index (χ1v) is 6.67. The molecule has 0 spiro atoms. The number of carbonyl (C=O) groups is 1. The van der Waals surface area contributed by atoms with E-state index >= 15 is 0 Å². The van der Waals surface area contributed by atoms with E-state index in [1.807, 2.05) is 44.1 Å². The van der Waals surface area contributed by atoms with Gasteiger partial charge in [0.05, 0.1) is 0 Å². The van der Waals surface area contributed by atoms with Crippen molar-refractivity contribution < 1.29 is 4.79 Å². The Bertz CT molecular complexity index is 733. The Balaban J connectivity index is 2.25. The molecule has 0 atom stereocenters.